The molecule has 2 fully saturated rings. The van der Waals surface area contributed by atoms with Crippen molar-refractivity contribution in [3.8, 4) is 0 Å². The number of thiazole rings is 1. The summed E-state index contributed by atoms with van der Waals surface area (Å²) in [5, 5.41) is 5.08. The molecule has 2 N–H and O–H groups in total. The number of amides is 2. The Morgan fingerprint density at radius 2 is 2.14 bits per heavy atom. The lowest BCUT2D eigenvalue weighted by molar-refractivity contribution is -0.134. The molecule has 1 aromatic rings. The highest BCUT2D eigenvalue weighted by Crippen LogP contribution is 2.38. The molecule has 0 radical (unpaired) electrons. The van der Waals surface area contributed by atoms with Crippen molar-refractivity contribution in [2.75, 3.05) is 11.9 Å². The minimum absolute atomic E-state index is 0.0126. The molecule has 9 heteroatoms. The fourth-order valence-electron chi connectivity index (χ4n) is 2.54. The molecule has 1 saturated carbocycles. The predicted molar refractivity (Wildman–Crippen MR) is 74.8 cm³/mol. The third-order valence-electron chi connectivity index (χ3n) is 3.80. The number of nitrogens with zero attached hydrogens (tertiary/aromatic N) is 1. The first-order chi connectivity index (χ1) is 10.4. The lowest BCUT2D eigenvalue weighted by Crippen LogP contribution is -2.44. The van der Waals surface area contributed by atoms with Crippen molar-refractivity contribution >= 4 is 22.5 Å². The molecule has 1 saturated heterocycles. The van der Waals surface area contributed by atoms with Crippen molar-refractivity contribution in [3.05, 3.63) is 11.1 Å². The maximum absolute atomic E-state index is 12.5. The fourth-order valence-corrected chi connectivity index (χ4v) is 3.22. The van der Waals surface area contributed by atoms with Gasteiger partial charge in [-0.2, -0.15) is 13.2 Å². The van der Waals surface area contributed by atoms with Crippen LogP contribution in [0.4, 0.5) is 23.1 Å². The predicted octanol–water partition coefficient (Wildman–Crippen LogP) is 3.24. The Balaban J connectivity index is 1.50. The average molecular weight is 335 g/mol. The Morgan fingerprint density at radius 1 is 1.36 bits per heavy atom. The Bertz CT molecular complexity index is 545. The van der Waals surface area contributed by atoms with Crippen LogP contribution < -0.4 is 10.6 Å². The van der Waals surface area contributed by atoms with Gasteiger partial charge >= 0.3 is 12.2 Å². The highest BCUT2D eigenvalue weighted by molar-refractivity contribution is 7.15. The van der Waals surface area contributed by atoms with Crippen LogP contribution in [-0.2, 0) is 10.9 Å². The molecule has 0 spiro atoms. The molecular formula is C13H16F3N3O2S. The largest absolute Gasteiger partial charge is 0.427 e. The zero-order valence-corrected chi connectivity index (χ0v) is 12.5. The number of rotatable bonds is 3. The summed E-state index contributed by atoms with van der Waals surface area (Å²) in [7, 11) is 0. The molecule has 0 unspecified atom stereocenters. The van der Waals surface area contributed by atoms with Crippen LogP contribution in [-0.4, -0.2) is 29.8 Å². The van der Waals surface area contributed by atoms with Gasteiger partial charge in [0, 0.05) is 12.6 Å². The van der Waals surface area contributed by atoms with Gasteiger partial charge in [-0.05, 0) is 31.6 Å². The lowest BCUT2D eigenvalue weighted by atomic mass is 10.0. The van der Waals surface area contributed by atoms with E-state index in [4.69, 9.17) is 4.74 Å². The summed E-state index contributed by atoms with van der Waals surface area (Å²) in [6.07, 6.45) is 0.276. The van der Waals surface area contributed by atoms with Crippen LogP contribution in [0.1, 0.15) is 30.6 Å². The third kappa shape index (κ3) is 3.89. The molecule has 1 aliphatic carbocycles. The van der Waals surface area contributed by atoms with Crippen LogP contribution in [0.15, 0.2) is 6.20 Å². The molecule has 2 atom stereocenters. The number of anilines is 1. The van der Waals surface area contributed by atoms with Crippen LogP contribution in [0.25, 0.3) is 0 Å². The van der Waals surface area contributed by atoms with E-state index >= 15 is 0 Å². The molecule has 2 amide bonds. The van der Waals surface area contributed by atoms with Gasteiger partial charge in [0.05, 0.1) is 12.3 Å². The molecule has 122 valence electrons. The number of carbonyl (C=O) groups is 1. The van der Waals surface area contributed by atoms with E-state index in [1.54, 1.807) is 0 Å². The zero-order chi connectivity index (χ0) is 15.7. The van der Waals surface area contributed by atoms with Gasteiger partial charge < -0.3 is 10.1 Å². The first-order valence-corrected chi connectivity index (χ1v) is 7.95. The molecule has 5 nitrogen and oxygen atoms in total. The van der Waals surface area contributed by atoms with Crippen molar-refractivity contribution in [2.24, 2.45) is 5.92 Å². The zero-order valence-electron chi connectivity index (χ0n) is 11.7. The minimum atomic E-state index is -4.44. The Labute approximate surface area is 129 Å². The van der Waals surface area contributed by atoms with Gasteiger partial charge in [-0.3, -0.25) is 5.32 Å². The summed E-state index contributed by atoms with van der Waals surface area (Å²) in [5.41, 5.74) is 0. The van der Waals surface area contributed by atoms with E-state index in [1.165, 1.54) is 12.8 Å². The third-order valence-corrected chi connectivity index (χ3v) is 4.76. The SMILES string of the molecule is O=C(Nc1ncc(C(F)(F)F)s1)N[C@H]1CCO[C@@H](C2CC2)C1. The number of hydrogen-bond donors (Lipinski definition) is 2. The molecule has 3 rings (SSSR count). The van der Waals surface area contributed by atoms with Gasteiger partial charge in [0.25, 0.3) is 0 Å². The lowest BCUT2D eigenvalue weighted by Gasteiger charge is -2.30. The van der Waals surface area contributed by atoms with E-state index in [2.05, 4.69) is 15.6 Å². The molecule has 1 aromatic heterocycles. The van der Waals surface area contributed by atoms with E-state index in [0.29, 0.717) is 30.3 Å². The van der Waals surface area contributed by atoms with Crippen LogP contribution >= 0.6 is 11.3 Å². The first kappa shape index (κ1) is 15.5. The van der Waals surface area contributed by atoms with Gasteiger partial charge in [-0.15, -0.1) is 0 Å². The maximum atomic E-state index is 12.5. The number of nitrogens with one attached hydrogen (secondary N) is 2. The van der Waals surface area contributed by atoms with E-state index in [0.717, 1.165) is 12.6 Å². The van der Waals surface area contributed by atoms with Crippen molar-refractivity contribution in [2.45, 2.75) is 44.0 Å². The summed E-state index contributed by atoms with van der Waals surface area (Å²) in [4.78, 5) is 14.6. The van der Waals surface area contributed by atoms with Gasteiger partial charge in [0.2, 0.25) is 0 Å². The average Bonchev–Trinajstić information content (AvgIpc) is 3.18. The van der Waals surface area contributed by atoms with E-state index < -0.39 is 17.1 Å². The van der Waals surface area contributed by atoms with Crippen LogP contribution in [0.2, 0.25) is 0 Å². The Morgan fingerprint density at radius 3 is 2.77 bits per heavy atom. The van der Waals surface area contributed by atoms with Crippen LogP contribution in [0, 0.1) is 5.92 Å². The number of urea groups is 1. The number of carbonyl (C=O) groups excluding carboxylic acids is 1. The second kappa shape index (κ2) is 6.04. The summed E-state index contributed by atoms with van der Waals surface area (Å²) in [6.45, 7) is 0.599. The second-order valence-electron chi connectivity index (χ2n) is 5.59. The summed E-state index contributed by atoms with van der Waals surface area (Å²) >= 11 is 0.413. The quantitative estimate of drug-likeness (QED) is 0.891. The Hall–Kier alpha value is -1.35. The van der Waals surface area contributed by atoms with Crippen molar-refractivity contribution < 1.29 is 22.7 Å². The smallest absolute Gasteiger partial charge is 0.378 e. The highest BCUT2D eigenvalue weighted by Gasteiger charge is 2.36. The molecular weight excluding hydrogens is 319 g/mol. The second-order valence-corrected chi connectivity index (χ2v) is 6.62. The number of aromatic nitrogens is 1. The number of ether oxygens (including phenoxy) is 1. The molecule has 0 bridgehead atoms. The highest BCUT2D eigenvalue weighted by atomic mass is 32.1. The molecule has 2 aliphatic rings. The van der Waals surface area contributed by atoms with Gasteiger partial charge in [0.1, 0.15) is 4.88 Å². The van der Waals surface area contributed by atoms with E-state index in [9.17, 15) is 18.0 Å². The minimum Gasteiger partial charge on any atom is -0.378 e. The summed E-state index contributed by atoms with van der Waals surface area (Å²) in [6, 6.07) is -0.536. The van der Waals surface area contributed by atoms with Crippen molar-refractivity contribution in [3.63, 3.8) is 0 Å². The van der Waals surface area contributed by atoms with Crippen LogP contribution in [0.3, 0.4) is 0 Å². The molecule has 0 aromatic carbocycles. The van der Waals surface area contributed by atoms with Gasteiger partial charge in [0.15, 0.2) is 5.13 Å². The van der Waals surface area contributed by atoms with Gasteiger partial charge in [-0.1, -0.05) is 11.3 Å². The normalized spacial score (nSPS) is 25.8. The van der Waals surface area contributed by atoms with Gasteiger partial charge in [-0.25, -0.2) is 9.78 Å². The standard InChI is InChI=1S/C13H16F3N3O2S/c14-13(15,16)10-6-17-12(22-10)19-11(20)18-8-3-4-21-9(5-8)7-1-2-7/h6-9H,1-5H2,(H2,17,18,19,20)/t8-,9+/m0/s1. The summed E-state index contributed by atoms with van der Waals surface area (Å²) < 4.78 is 43.1. The molecule has 2 heterocycles. The first-order valence-electron chi connectivity index (χ1n) is 7.14. The topological polar surface area (TPSA) is 63.2 Å². The molecule has 1 aliphatic heterocycles. The fraction of sp³-hybridized carbons (Fsp3) is 0.692. The number of hydrogen-bond acceptors (Lipinski definition) is 4. The molecule has 22 heavy (non-hydrogen) atoms. The monoisotopic (exact) mass is 335 g/mol. The van der Waals surface area contributed by atoms with E-state index in [1.807, 2.05) is 0 Å². The van der Waals surface area contributed by atoms with Crippen molar-refractivity contribution in [1.82, 2.24) is 10.3 Å². The maximum Gasteiger partial charge on any atom is 0.427 e. The Kier molecular flexibility index (Phi) is 4.26. The van der Waals surface area contributed by atoms with E-state index in [-0.39, 0.29) is 17.3 Å². The summed E-state index contributed by atoms with van der Waals surface area (Å²) in [5.74, 6) is 0.598. The number of alkyl halides is 3. The van der Waals surface area contributed by atoms with Crippen molar-refractivity contribution in [1.29, 1.82) is 0 Å². The van der Waals surface area contributed by atoms with Crippen LogP contribution in [0.5, 0.6) is 0 Å². The number of halogens is 3.